The number of carboxylic acid groups (broad SMARTS) is 1. The number of aliphatic imine (C=N–C) groups is 1. The van der Waals surface area contributed by atoms with Crippen LogP contribution in [0.3, 0.4) is 0 Å². The zero-order chi connectivity index (χ0) is 89.7. The van der Waals surface area contributed by atoms with Crippen LogP contribution in [-0.2, 0) is 46.4 Å². The number of aliphatic carboxylic acids is 1. The van der Waals surface area contributed by atoms with Crippen molar-refractivity contribution < 1.29 is 51.7 Å². The molecule has 13 aromatic rings. The van der Waals surface area contributed by atoms with Crippen molar-refractivity contribution in [3.8, 4) is 33.4 Å². The van der Waals surface area contributed by atoms with E-state index in [4.69, 9.17) is 29.2 Å². The lowest BCUT2D eigenvalue weighted by Crippen LogP contribution is -2.48. The molecule has 13 heterocycles. The first-order chi connectivity index (χ1) is 62.5. The van der Waals surface area contributed by atoms with Crippen molar-refractivity contribution in [3.63, 3.8) is 0 Å². The summed E-state index contributed by atoms with van der Waals surface area (Å²) in [6, 6.07) is 54.1. The molecule has 0 bridgehead atoms. The Bertz CT molecular complexity index is 6280. The number of aromatic nitrogens is 12. The van der Waals surface area contributed by atoms with Gasteiger partial charge in [0.1, 0.15) is 9.22 Å². The Hall–Kier alpha value is -12.1. The quantitative estimate of drug-likeness (QED) is 0.129. The minimum atomic E-state index is -5.08. The van der Waals surface area contributed by atoms with Gasteiger partial charge in [0.2, 0.25) is 17.7 Å². The van der Waals surface area contributed by atoms with Crippen LogP contribution in [0.4, 0.5) is 53.2 Å². The van der Waals surface area contributed by atoms with Gasteiger partial charge in [0, 0.05) is 116 Å². The number of aromatic amines is 1. The van der Waals surface area contributed by atoms with E-state index in [0.717, 1.165) is 176 Å². The van der Waals surface area contributed by atoms with Gasteiger partial charge in [-0.3, -0.25) is 38.5 Å². The van der Waals surface area contributed by atoms with Crippen LogP contribution in [-0.4, -0.2) is 150 Å². The molecular formula is C98H105Br2F3N18O8. The van der Waals surface area contributed by atoms with Gasteiger partial charge in [0.05, 0.1) is 108 Å². The number of benzene rings is 7. The number of halogens is 5. The number of nitrogens with zero attached hydrogens (tertiary/aromatic N) is 17. The van der Waals surface area contributed by atoms with E-state index >= 15 is 0 Å². The van der Waals surface area contributed by atoms with Crippen LogP contribution in [0.2, 0.25) is 0 Å². The summed E-state index contributed by atoms with van der Waals surface area (Å²) in [5.41, 5.74) is 18.7. The molecule has 7 aromatic carbocycles. The predicted octanol–water partition coefficient (Wildman–Crippen LogP) is 21.8. The van der Waals surface area contributed by atoms with Gasteiger partial charge in [-0.05, 0) is 256 Å². The van der Waals surface area contributed by atoms with Crippen molar-refractivity contribution in [1.82, 2.24) is 59.1 Å². The number of allylic oxidation sites excluding steroid dienone is 1. The van der Waals surface area contributed by atoms with Crippen molar-refractivity contribution >= 4 is 133 Å². The van der Waals surface area contributed by atoms with Crippen LogP contribution in [0.1, 0.15) is 185 Å². The number of carboxylic acids is 1. The number of rotatable bonds is 10. The molecule has 10 aliphatic rings. The second-order valence-corrected chi connectivity index (χ2v) is 35.8. The SMILES string of the molecule is BrC1=NCc2ccccc21.Brc1nn(C2CCCCO2)c2ccccc12.C1=COCCC1.CC(=O)N1c2ccc(-c3cnn(C4CC4)c3)cc2CC[C@@H]1C.CC(=O)N1c2ccc(-c3cnn(C4CC4)c3)cc2N(c2n[nH]c3ccccc23)C[C@@H]1C.CC(=O)N1c2ccc(-c3cnn(C4CC4)c3)cc2N(c2nn(C3CCCCO3)c3ccccc23)C[C@@H]1C.O=C(O)C(F)(F)F. The van der Waals surface area contributed by atoms with E-state index in [1.54, 1.807) is 27.0 Å². The number of H-pyrrole nitrogens is 1. The van der Waals surface area contributed by atoms with E-state index in [1.807, 2.05) is 86.5 Å². The Morgan fingerprint density at radius 3 is 1.43 bits per heavy atom. The fourth-order valence-corrected chi connectivity index (χ4v) is 18.8. The molecule has 2 N–H and O–H groups in total. The van der Waals surface area contributed by atoms with Crippen molar-refractivity contribution in [2.24, 2.45) is 4.99 Å². The molecule has 2 unspecified atom stereocenters. The molecule has 0 radical (unpaired) electrons. The maximum absolute atomic E-state index is 12.7. The molecule has 23 rings (SSSR count). The molecular weight excluding hydrogens is 1770 g/mol. The third-order valence-electron chi connectivity index (χ3n) is 24.7. The fourth-order valence-electron chi connectivity index (χ4n) is 17.8. The summed E-state index contributed by atoms with van der Waals surface area (Å²) in [5.74, 6) is -0.733. The summed E-state index contributed by atoms with van der Waals surface area (Å²) in [7, 11) is 0. The van der Waals surface area contributed by atoms with Crippen LogP contribution in [0.15, 0.2) is 211 Å². The van der Waals surface area contributed by atoms with Crippen molar-refractivity contribution in [1.29, 1.82) is 0 Å². The second-order valence-electron chi connectivity index (χ2n) is 34.3. The zero-order valence-corrected chi connectivity index (χ0v) is 76.2. The van der Waals surface area contributed by atoms with Crippen LogP contribution < -0.4 is 24.5 Å². The van der Waals surface area contributed by atoms with Gasteiger partial charge in [-0.1, -0.05) is 84.9 Å². The maximum Gasteiger partial charge on any atom is 0.490 e. The summed E-state index contributed by atoms with van der Waals surface area (Å²) in [4.78, 5) is 60.5. The first-order valence-electron chi connectivity index (χ1n) is 44.6. The van der Waals surface area contributed by atoms with E-state index in [2.05, 4.69) is 245 Å². The van der Waals surface area contributed by atoms with E-state index in [9.17, 15) is 27.6 Å². The molecule has 2 saturated heterocycles. The molecule has 26 nitrogen and oxygen atoms in total. The first kappa shape index (κ1) is 88.9. The monoisotopic (exact) mass is 1880 g/mol. The average molecular weight is 1880 g/mol. The summed E-state index contributed by atoms with van der Waals surface area (Å²) >= 11 is 6.88. The minimum Gasteiger partial charge on any atom is -0.502 e. The lowest BCUT2D eigenvalue weighted by molar-refractivity contribution is -0.192. The number of carbonyl (C=O) groups is 4. The van der Waals surface area contributed by atoms with E-state index < -0.39 is 12.1 Å². The Labute approximate surface area is 762 Å². The highest BCUT2D eigenvalue weighted by molar-refractivity contribution is 9.18. The van der Waals surface area contributed by atoms with Gasteiger partial charge >= 0.3 is 12.1 Å². The fraction of sp³-hybridized carbons (Fsp3) is 0.378. The number of nitrogens with one attached hydrogen (secondary N) is 1. The Morgan fingerprint density at radius 1 is 0.481 bits per heavy atom. The number of ether oxygens (including phenoxy) is 3. The average Bonchev–Trinajstić information content (AvgIpc) is 1.66. The second kappa shape index (κ2) is 39.1. The van der Waals surface area contributed by atoms with Crippen LogP contribution in [0.25, 0.3) is 66.1 Å². The molecule has 3 aliphatic carbocycles. The zero-order valence-electron chi connectivity index (χ0n) is 73.0. The number of carbonyl (C=O) groups excluding carboxylic acids is 3. The standard InChI is InChI=1S/C29H32N6O2.C24H24N6O.C18H21N3O.C12H13BrN2O.C8H6BrN.C5H8O.C2HF3O2/c1-19-17-32(29-24-7-3-4-8-25(24)35(31-29)28-9-5-6-14-37-28)27-15-21(10-13-26(27)34(19)20(2)36)22-16-30-33(18-22)23-11-12-23;1-15-13-28(24-20-5-3-4-6-21(20)26-27-24)23-11-17(7-10-22(23)30(15)16(2)31)18-12-25-29(14-18)19-8-9-19;1-12-3-4-15-9-14(5-8-18(15)21(12)13(2)22)16-10-19-20(11-16)17-6-7-17;13-12-9-5-1-2-6-10(9)15(14-12)11-7-3-4-8-16-11;9-8-7-4-2-1-3-6(7)5-10-8;1-2-4-6-5-3-1;3-2(4,5)1(6)7/h3-4,7-8,10,13,15-16,18-19,23,28H,5-6,9,11-12,14,17H2,1-2H3;3-7,10-12,14-15,19H,8-9,13H2,1-2H3,(H,26,27);5,8-12,17H,3-4,6-7H2,1-2H3;1-2,5-6,11H,3-4,7-8H2;1-4H,5H2;2,4H,1,3,5H2;(H,6,7)/t19-,28?;15-;12-;;;;/m000..../s1. The van der Waals surface area contributed by atoms with Crippen molar-refractivity contribution in [2.45, 2.75) is 206 Å². The van der Waals surface area contributed by atoms with Gasteiger partial charge in [-0.15, -0.1) is 0 Å². The number of anilines is 7. The maximum atomic E-state index is 12.7. The Kier molecular flexibility index (Phi) is 27.0. The van der Waals surface area contributed by atoms with Gasteiger partial charge in [0.25, 0.3) is 0 Å². The molecule has 3 amide bonds. The van der Waals surface area contributed by atoms with Gasteiger partial charge in [-0.2, -0.15) is 43.8 Å². The smallest absolute Gasteiger partial charge is 0.490 e. The predicted molar refractivity (Wildman–Crippen MR) is 503 cm³/mol. The van der Waals surface area contributed by atoms with Crippen LogP contribution in [0.5, 0.6) is 0 Å². The molecule has 31 heteroatoms. The molecule has 5 atom stereocenters. The normalized spacial score (nSPS) is 19.6. The van der Waals surface area contributed by atoms with Gasteiger partial charge in [-0.25, -0.2) is 14.2 Å². The largest absolute Gasteiger partial charge is 0.502 e. The van der Waals surface area contributed by atoms with Gasteiger partial charge < -0.3 is 43.8 Å². The molecule has 0 spiro atoms. The Balaban J connectivity index is 0.000000114. The van der Waals surface area contributed by atoms with Crippen molar-refractivity contribution in [2.75, 3.05) is 57.4 Å². The first-order valence-corrected chi connectivity index (χ1v) is 46.2. The molecule has 670 valence electrons. The molecule has 3 saturated carbocycles. The van der Waals surface area contributed by atoms with E-state index in [1.165, 1.54) is 85.6 Å². The minimum absolute atomic E-state index is 0.00306. The topological polar surface area (TPSA) is 263 Å². The lowest BCUT2D eigenvalue weighted by atomic mass is 9.94. The number of alkyl halides is 3. The number of para-hydroxylation sites is 3. The number of fused-ring (bicyclic) bond motifs is 7. The summed E-state index contributed by atoms with van der Waals surface area (Å²) < 4.78 is 60.7. The Morgan fingerprint density at radius 2 is 0.953 bits per heavy atom. The highest BCUT2D eigenvalue weighted by atomic mass is 79.9. The molecule has 6 aromatic heterocycles. The number of aryl methyl sites for hydroxylation is 1. The number of hydrogen-bond acceptors (Lipinski definition) is 16. The summed E-state index contributed by atoms with van der Waals surface area (Å²) in [5, 5.41) is 41.6. The summed E-state index contributed by atoms with van der Waals surface area (Å²) in [6.45, 7) is 15.9. The highest BCUT2D eigenvalue weighted by Gasteiger charge is 2.40. The van der Waals surface area contributed by atoms with E-state index in [-0.39, 0.29) is 48.3 Å². The summed E-state index contributed by atoms with van der Waals surface area (Å²) in [6.07, 6.45) is 29.4. The molecule has 7 aliphatic heterocycles. The molecule has 129 heavy (non-hydrogen) atoms. The lowest BCUT2D eigenvalue weighted by Gasteiger charge is -2.41. The third-order valence-corrected chi connectivity index (χ3v) is 26.0. The van der Waals surface area contributed by atoms with E-state index in [0.29, 0.717) is 31.2 Å². The molecule has 5 fully saturated rings. The van der Waals surface area contributed by atoms with Gasteiger partial charge in [0.15, 0.2) is 24.1 Å². The van der Waals surface area contributed by atoms with Crippen LogP contribution in [0, 0.1) is 0 Å². The number of amides is 3. The third kappa shape index (κ3) is 20.1. The van der Waals surface area contributed by atoms with Crippen LogP contribution >= 0.6 is 31.9 Å². The van der Waals surface area contributed by atoms with Crippen molar-refractivity contribution in [3.05, 3.63) is 222 Å². The number of hydrogen-bond donors (Lipinski definition) is 2. The highest BCUT2D eigenvalue weighted by Crippen LogP contribution is 2.48.